The van der Waals surface area contributed by atoms with Crippen LogP contribution >= 0.6 is 11.6 Å². The molecule has 0 radical (unpaired) electrons. The zero-order valence-corrected chi connectivity index (χ0v) is 8.96. The lowest BCUT2D eigenvalue weighted by molar-refractivity contribution is -0.136. The van der Waals surface area contributed by atoms with Crippen LogP contribution in [0.15, 0.2) is 6.20 Å². The smallest absolute Gasteiger partial charge is 0.308 e. The van der Waals surface area contributed by atoms with E-state index in [0.717, 1.165) is 13.3 Å². The lowest BCUT2D eigenvalue weighted by atomic mass is 10.1. The molecule has 1 rings (SSSR count). The predicted octanol–water partition coefficient (Wildman–Crippen LogP) is 2.31. The molecule has 0 unspecified atom stereocenters. The van der Waals surface area contributed by atoms with E-state index in [9.17, 15) is 13.6 Å². The van der Waals surface area contributed by atoms with Gasteiger partial charge in [0.05, 0.1) is 18.6 Å². The largest absolute Gasteiger partial charge is 0.494 e. The predicted molar refractivity (Wildman–Crippen MR) is 52.1 cm³/mol. The third-order valence-electron chi connectivity index (χ3n) is 1.85. The monoisotopic (exact) mass is 251 g/mol. The van der Waals surface area contributed by atoms with E-state index in [2.05, 4.69) is 4.98 Å². The number of carboxylic acid groups (broad SMARTS) is 1. The number of aliphatic carboxylic acids is 1. The Balaban J connectivity index is 3.32. The molecule has 4 nitrogen and oxygen atoms in total. The number of pyridine rings is 1. The molecule has 16 heavy (non-hydrogen) atoms. The van der Waals surface area contributed by atoms with Crippen molar-refractivity contribution >= 4 is 17.6 Å². The van der Waals surface area contributed by atoms with E-state index in [1.165, 1.54) is 0 Å². The number of alkyl halides is 2. The highest BCUT2D eigenvalue weighted by Crippen LogP contribution is 2.34. The van der Waals surface area contributed by atoms with Gasteiger partial charge in [-0.25, -0.2) is 13.8 Å². The molecule has 0 spiro atoms. The molecular formula is C9H8ClF2NO3. The summed E-state index contributed by atoms with van der Waals surface area (Å²) in [7, 11) is 1.16. The minimum absolute atomic E-state index is 0.00182. The lowest BCUT2D eigenvalue weighted by Gasteiger charge is -2.12. The first-order valence-corrected chi connectivity index (χ1v) is 4.56. The maximum atomic E-state index is 12.5. The van der Waals surface area contributed by atoms with Crippen LogP contribution in [-0.4, -0.2) is 23.2 Å². The maximum absolute atomic E-state index is 12.5. The first-order valence-electron chi connectivity index (χ1n) is 4.18. The Kier molecular flexibility index (Phi) is 4.00. The van der Waals surface area contributed by atoms with Gasteiger partial charge in [0.25, 0.3) is 6.43 Å². The van der Waals surface area contributed by atoms with Crippen molar-refractivity contribution in [2.45, 2.75) is 12.8 Å². The summed E-state index contributed by atoms with van der Waals surface area (Å²) in [5, 5.41) is 8.61. The second-order valence-corrected chi connectivity index (χ2v) is 3.28. The zero-order valence-electron chi connectivity index (χ0n) is 8.21. The molecule has 0 fully saturated rings. The van der Waals surface area contributed by atoms with Crippen molar-refractivity contribution < 1.29 is 23.4 Å². The van der Waals surface area contributed by atoms with E-state index in [1.807, 2.05) is 0 Å². The van der Waals surface area contributed by atoms with E-state index >= 15 is 0 Å². The summed E-state index contributed by atoms with van der Waals surface area (Å²) in [5.41, 5.74) is -0.606. The fraction of sp³-hybridized carbons (Fsp3) is 0.333. The highest BCUT2D eigenvalue weighted by molar-refractivity contribution is 6.31. The van der Waals surface area contributed by atoms with Crippen LogP contribution < -0.4 is 4.74 Å². The van der Waals surface area contributed by atoms with Crippen molar-refractivity contribution in [2.24, 2.45) is 0 Å². The summed E-state index contributed by atoms with van der Waals surface area (Å²) in [6, 6.07) is 0. The van der Waals surface area contributed by atoms with Crippen molar-refractivity contribution in [1.82, 2.24) is 4.98 Å². The van der Waals surface area contributed by atoms with Gasteiger partial charge in [0.1, 0.15) is 5.69 Å². The van der Waals surface area contributed by atoms with Gasteiger partial charge < -0.3 is 9.84 Å². The highest BCUT2D eigenvalue weighted by atomic mass is 35.5. The minimum Gasteiger partial charge on any atom is -0.494 e. The van der Waals surface area contributed by atoms with E-state index in [1.54, 1.807) is 0 Å². The van der Waals surface area contributed by atoms with E-state index < -0.39 is 24.5 Å². The molecule has 1 aromatic rings. The average Bonchev–Trinajstić information content (AvgIpc) is 2.19. The van der Waals surface area contributed by atoms with Gasteiger partial charge in [-0.2, -0.15) is 0 Å². The van der Waals surface area contributed by atoms with Crippen LogP contribution in [0.5, 0.6) is 5.75 Å². The molecule has 1 heterocycles. The SMILES string of the molecule is COc1c(C(F)F)ncc(Cl)c1CC(=O)O. The summed E-state index contributed by atoms with van der Waals surface area (Å²) in [6.45, 7) is 0. The van der Waals surface area contributed by atoms with E-state index in [0.29, 0.717) is 0 Å². The number of methoxy groups -OCH3 is 1. The number of carbonyl (C=O) groups is 1. The molecule has 0 amide bonds. The van der Waals surface area contributed by atoms with Crippen molar-refractivity contribution in [3.63, 3.8) is 0 Å². The Morgan fingerprint density at radius 2 is 2.31 bits per heavy atom. The highest BCUT2D eigenvalue weighted by Gasteiger charge is 2.22. The summed E-state index contributed by atoms with van der Waals surface area (Å²) in [4.78, 5) is 14.0. The Hall–Kier alpha value is -1.43. The minimum atomic E-state index is -2.85. The Bertz CT molecular complexity index is 412. The average molecular weight is 252 g/mol. The van der Waals surface area contributed by atoms with Crippen LogP contribution in [0.1, 0.15) is 17.7 Å². The number of hydrogen-bond donors (Lipinski definition) is 1. The third kappa shape index (κ3) is 2.57. The summed E-state index contributed by atoms with van der Waals surface area (Å²) < 4.78 is 29.8. The second kappa shape index (κ2) is 5.07. The summed E-state index contributed by atoms with van der Waals surface area (Å²) in [5.74, 6) is -1.46. The Labute approximate surface area is 94.8 Å². The molecule has 0 aliphatic carbocycles. The van der Waals surface area contributed by atoms with Crippen molar-refractivity contribution in [3.05, 3.63) is 22.5 Å². The quantitative estimate of drug-likeness (QED) is 0.892. The summed E-state index contributed by atoms with van der Waals surface area (Å²) in [6.07, 6.45) is -2.35. The fourth-order valence-electron chi connectivity index (χ4n) is 1.22. The van der Waals surface area contributed by atoms with Crippen molar-refractivity contribution in [3.8, 4) is 5.75 Å². The topological polar surface area (TPSA) is 59.4 Å². The van der Waals surface area contributed by atoms with Gasteiger partial charge in [0, 0.05) is 11.8 Å². The molecule has 0 aromatic carbocycles. The second-order valence-electron chi connectivity index (χ2n) is 2.87. The van der Waals surface area contributed by atoms with Gasteiger partial charge in [-0.15, -0.1) is 0 Å². The molecule has 0 aliphatic heterocycles. The van der Waals surface area contributed by atoms with Gasteiger partial charge in [-0.05, 0) is 0 Å². The molecule has 0 saturated heterocycles. The van der Waals surface area contributed by atoms with Crippen LogP contribution in [0, 0.1) is 0 Å². The zero-order chi connectivity index (χ0) is 12.3. The van der Waals surface area contributed by atoms with Crippen LogP contribution in [0.3, 0.4) is 0 Å². The van der Waals surface area contributed by atoms with Gasteiger partial charge in [0.15, 0.2) is 5.75 Å². The number of rotatable bonds is 4. The number of ether oxygens (including phenoxy) is 1. The number of carboxylic acids is 1. The molecule has 88 valence electrons. The van der Waals surface area contributed by atoms with Crippen LogP contribution in [-0.2, 0) is 11.2 Å². The first-order chi connectivity index (χ1) is 7.47. The Morgan fingerprint density at radius 3 is 2.75 bits per heavy atom. The third-order valence-corrected chi connectivity index (χ3v) is 2.18. The Morgan fingerprint density at radius 1 is 1.69 bits per heavy atom. The van der Waals surface area contributed by atoms with Gasteiger partial charge >= 0.3 is 5.97 Å². The number of nitrogens with zero attached hydrogens (tertiary/aromatic N) is 1. The van der Waals surface area contributed by atoms with Gasteiger partial charge in [-0.3, -0.25) is 4.79 Å². The molecule has 0 bridgehead atoms. The normalized spacial score (nSPS) is 10.6. The molecule has 0 aliphatic rings. The number of halogens is 3. The molecule has 0 saturated carbocycles. The van der Waals surface area contributed by atoms with E-state index in [4.69, 9.17) is 21.4 Å². The maximum Gasteiger partial charge on any atom is 0.308 e. The van der Waals surface area contributed by atoms with Crippen molar-refractivity contribution in [1.29, 1.82) is 0 Å². The summed E-state index contributed by atoms with van der Waals surface area (Å²) >= 11 is 5.68. The molecule has 1 aromatic heterocycles. The van der Waals surface area contributed by atoms with E-state index in [-0.39, 0.29) is 16.3 Å². The van der Waals surface area contributed by atoms with Crippen LogP contribution in [0.4, 0.5) is 8.78 Å². The number of aromatic nitrogens is 1. The van der Waals surface area contributed by atoms with Gasteiger partial charge in [0.2, 0.25) is 0 Å². The number of hydrogen-bond acceptors (Lipinski definition) is 3. The van der Waals surface area contributed by atoms with Crippen LogP contribution in [0.25, 0.3) is 0 Å². The fourth-order valence-corrected chi connectivity index (χ4v) is 1.43. The molecule has 0 atom stereocenters. The van der Waals surface area contributed by atoms with Crippen molar-refractivity contribution in [2.75, 3.05) is 7.11 Å². The van der Waals surface area contributed by atoms with Gasteiger partial charge in [-0.1, -0.05) is 11.6 Å². The molecular weight excluding hydrogens is 244 g/mol. The standard InChI is InChI=1S/C9H8ClF2NO3/c1-16-8-4(2-6(14)15)5(10)3-13-7(8)9(11)12/h3,9H,2H2,1H3,(H,14,15). The van der Waals surface area contributed by atoms with Crippen LogP contribution in [0.2, 0.25) is 5.02 Å². The lowest BCUT2D eigenvalue weighted by Crippen LogP contribution is -2.07. The molecule has 7 heteroatoms. The first kappa shape index (κ1) is 12.6. The molecule has 1 N–H and O–H groups in total.